The molecule has 90 heavy (non-hydrogen) atoms. The van der Waals surface area contributed by atoms with Crippen molar-refractivity contribution in [3.05, 3.63) is 0 Å². The van der Waals surface area contributed by atoms with Gasteiger partial charge in [0.15, 0.2) is 12.4 Å². The van der Waals surface area contributed by atoms with Gasteiger partial charge in [-0.2, -0.15) is 0 Å². The van der Waals surface area contributed by atoms with E-state index in [9.17, 15) is 19.5 Å². The van der Waals surface area contributed by atoms with Crippen LogP contribution in [0.25, 0.3) is 0 Å². The van der Waals surface area contributed by atoms with Crippen LogP contribution >= 0.6 is 0 Å². The molecule has 0 radical (unpaired) electrons. The molecule has 0 aliphatic carbocycles. The molecule has 0 amide bonds. The number of quaternary nitrogens is 1. The molecule has 2 atom stereocenters. The Hall–Kier alpha value is -1.71. The van der Waals surface area contributed by atoms with Gasteiger partial charge in [-0.05, 0) is 12.8 Å². The van der Waals surface area contributed by atoms with E-state index < -0.39 is 24.3 Å². The normalized spacial score (nSPS) is 12.5. The van der Waals surface area contributed by atoms with Crippen LogP contribution < -0.4 is 5.11 Å². The van der Waals surface area contributed by atoms with Crippen LogP contribution in [-0.2, 0) is 33.3 Å². The number of esters is 2. The molecule has 0 bridgehead atoms. The van der Waals surface area contributed by atoms with Crippen molar-refractivity contribution in [1.82, 2.24) is 0 Å². The summed E-state index contributed by atoms with van der Waals surface area (Å²) in [5.41, 5.74) is 0. The first-order valence-electron chi connectivity index (χ1n) is 40.7. The van der Waals surface area contributed by atoms with Crippen molar-refractivity contribution < 1.29 is 42.9 Å². The van der Waals surface area contributed by atoms with Crippen molar-refractivity contribution in [2.24, 2.45) is 0 Å². The van der Waals surface area contributed by atoms with Gasteiger partial charge in [-0.3, -0.25) is 9.59 Å². The van der Waals surface area contributed by atoms with Crippen LogP contribution in [0.4, 0.5) is 0 Å². The number of hydrogen-bond donors (Lipinski definition) is 0. The van der Waals surface area contributed by atoms with Crippen LogP contribution in [0.3, 0.4) is 0 Å². The Morgan fingerprint density at radius 2 is 0.500 bits per heavy atom. The molecule has 0 aromatic heterocycles. The number of carbonyl (C=O) groups excluding carboxylic acids is 3. The van der Waals surface area contributed by atoms with E-state index in [1.165, 1.54) is 379 Å². The maximum atomic E-state index is 13.0. The lowest BCUT2D eigenvalue weighted by Crippen LogP contribution is -2.44. The Labute approximate surface area is 562 Å². The lowest BCUT2D eigenvalue weighted by atomic mass is 10.0. The maximum absolute atomic E-state index is 13.0. The second-order valence-electron chi connectivity index (χ2n) is 29.4. The molecule has 0 aromatic rings. The molecule has 0 spiro atoms. The quantitative estimate of drug-likeness (QED) is 0.0256. The van der Waals surface area contributed by atoms with E-state index in [4.69, 9.17) is 18.9 Å². The fourth-order valence-electron chi connectivity index (χ4n) is 12.9. The molecule has 2 unspecified atom stereocenters. The number of hydrogen-bond acceptors (Lipinski definition) is 8. The number of carboxylic acid groups (broad SMARTS) is 1. The third-order valence-electron chi connectivity index (χ3n) is 19.1. The molecule has 0 aliphatic rings. The summed E-state index contributed by atoms with van der Waals surface area (Å²) >= 11 is 0. The van der Waals surface area contributed by atoms with Gasteiger partial charge in [0.1, 0.15) is 13.2 Å². The molecule has 536 valence electrons. The molecular formula is C81H159NO8. The maximum Gasteiger partial charge on any atom is 0.306 e. The predicted octanol–water partition coefficient (Wildman–Crippen LogP) is 24.4. The first-order valence-corrected chi connectivity index (χ1v) is 40.7. The summed E-state index contributed by atoms with van der Waals surface area (Å²) in [5.74, 6) is -2.24. The summed E-state index contributed by atoms with van der Waals surface area (Å²) in [7, 11) is 5.96. The van der Waals surface area contributed by atoms with Gasteiger partial charge in [0.2, 0.25) is 0 Å². The molecule has 0 aliphatic heterocycles. The highest BCUT2D eigenvalue weighted by Gasteiger charge is 2.22. The van der Waals surface area contributed by atoms with Crippen LogP contribution in [0, 0.1) is 0 Å². The van der Waals surface area contributed by atoms with E-state index in [0.717, 1.165) is 38.5 Å². The minimum absolute atomic E-state index is 0.154. The van der Waals surface area contributed by atoms with Crippen molar-refractivity contribution in [3.8, 4) is 0 Å². The fraction of sp³-hybridized carbons (Fsp3) is 0.963. The number of unbranched alkanes of at least 4 members (excludes halogenated alkanes) is 63. The van der Waals surface area contributed by atoms with E-state index in [1.807, 2.05) is 21.1 Å². The van der Waals surface area contributed by atoms with Gasteiger partial charge >= 0.3 is 11.9 Å². The summed E-state index contributed by atoms with van der Waals surface area (Å²) in [6, 6.07) is 0. The zero-order valence-electron chi connectivity index (χ0n) is 61.6. The molecule has 0 saturated heterocycles. The largest absolute Gasteiger partial charge is 0.545 e. The smallest absolute Gasteiger partial charge is 0.306 e. The Kier molecular flexibility index (Phi) is 71.7. The standard InChI is InChI=1S/C81H159NO8/c1-6-8-10-12-14-16-18-20-22-24-26-28-30-32-33-34-35-36-37-38-39-40-41-42-43-44-45-46-48-50-52-54-56-58-60-62-64-66-68-70-72-79(84)90-77(76-89-81(80(85)86)87-74-73-82(3,4)5)75-88-78(83)71-69-67-65-63-61-59-57-55-53-51-49-47-31-29-27-25-23-21-19-17-15-13-11-9-7-2/h77,81H,6-76H2,1-5H3. The highest BCUT2D eigenvalue weighted by atomic mass is 16.7. The van der Waals surface area contributed by atoms with Gasteiger partial charge in [0, 0.05) is 12.8 Å². The topological polar surface area (TPSA) is 111 Å². The molecule has 0 rings (SSSR count). The molecular weight excluding hydrogens is 1110 g/mol. The average Bonchev–Trinajstić information content (AvgIpc) is 3.68. The number of ether oxygens (including phenoxy) is 4. The fourth-order valence-corrected chi connectivity index (χ4v) is 12.9. The van der Waals surface area contributed by atoms with Crippen molar-refractivity contribution in [2.75, 3.05) is 47.5 Å². The second kappa shape index (κ2) is 73.1. The highest BCUT2D eigenvalue weighted by Crippen LogP contribution is 2.21. The summed E-state index contributed by atoms with van der Waals surface area (Å²) in [5, 5.41) is 11.8. The Bertz CT molecular complexity index is 1440. The monoisotopic (exact) mass is 1270 g/mol. The van der Waals surface area contributed by atoms with Crippen LogP contribution in [0.15, 0.2) is 0 Å². The number of carboxylic acids is 1. The SMILES string of the molecule is CCCCCCCCCCCCCCCCCCCCCCCCCCCCCCCCCCCCCCCCCCC(=O)OC(COC(=O)CCCCCCCCCCCCCCCCCCCCCCCCCCC)COC(OCC[N+](C)(C)C)C(=O)[O-]. The predicted molar refractivity (Wildman–Crippen MR) is 385 cm³/mol. The van der Waals surface area contributed by atoms with Gasteiger partial charge in [0.25, 0.3) is 0 Å². The van der Waals surface area contributed by atoms with Gasteiger partial charge < -0.3 is 33.3 Å². The number of nitrogens with zero attached hydrogens (tertiary/aromatic N) is 1. The number of aliphatic carboxylic acids is 1. The molecule has 0 aromatic carbocycles. The number of carbonyl (C=O) groups is 3. The van der Waals surface area contributed by atoms with Gasteiger partial charge in [0.05, 0.1) is 40.3 Å². The Morgan fingerprint density at radius 1 is 0.289 bits per heavy atom. The minimum Gasteiger partial charge on any atom is -0.545 e. The average molecular weight is 1280 g/mol. The van der Waals surface area contributed by atoms with E-state index in [2.05, 4.69) is 13.8 Å². The molecule has 0 fully saturated rings. The van der Waals surface area contributed by atoms with Crippen molar-refractivity contribution >= 4 is 17.9 Å². The van der Waals surface area contributed by atoms with Crippen LogP contribution in [0.5, 0.6) is 0 Å². The molecule has 9 nitrogen and oxygen atoms in total. The lowest BCUT2D eigenvalue weighted by Gasteiger charge is -2.26. The summed E-state index contributed by atoms with van der Waals surface area (Å²) in [6.07, 6.45) is 86.8. The Balaban J connectivity index is 3.90. The van der Waals surface area contributed by atoms with Crippen LogP contribution in [0.1, 0.15) is 444 Å². The first kappa shape index (κ1) is 88.3. The number of rotatable bonds is 78. The highest BCUT2D eigenvalue weighted by molar-refractivity contribution is 5.70. The second-order valence-corrected chi connectivity index (χ2v) is 29.4. The molecule has 9 heteroatoms. The summed E-state index contributed by atoms with van der Waals surface area (Å²) < 4.78 is 22.9. The van der Waals surface area contributed by atoms with Crippen LogP contribution in [-0.4, -0.2) is 82.3 Å². The summed E-state index contributed by atoms with van der Waals surface area (Å²) in [6.45, 7) is 4.86. The number of likely N-dealkylation sites (N-methyl/N-ethyl adjacent to an activating group) is 1. The van der Waals surface area contributed by atoms with E-state index in [0.29, 0.717) is 17.4 Å². The third kappa shape index (κ3) is 73.7. The van der Waals surface area contributed by atoms with Crippen molar-refractivity contribution in [1.29, 1.82) is 0 Å². The molecule has 0 saturated carbocycles. The first-order chi connectivity index (χ1) is 44.1. The van der Waals surface area contributed by atoms with E-state index in [-0.39, 0.29) is 32.2 Å². The molecule has 0 N–H and O–H groups in total. The van der Waals surface area contributed by atoms with Gasteiger partial charge in [-0.1, -0.05) is 418 Å². The minimum atomic E-state index is -1.62. The van der Waals surface area contributed by atoms with Crippen molar-refractivity contribution in [3.63, 3.8) is 0 Å². The summed E-state index contributed by atoms with van der Waals surface area (Å²) in [4.78, 5) is 37.6. The van der Waals surface area contributed by atoms with Gasteiger partial charge in [-0.15, -0.1) is 0 Å². The third-order valence-corrected chi connectivity index (χ3v) is 19.1. The van der Waals surface area contributed by atoms with E-state index >= 15 is 0 Å². The zero-order chi connectivity index (χ0) is 65.4. The molecule has 0 heterocycles. The van der Waals surface area contributed by atoms with Crippen molar-refractivity contribution in [2.45, 2.75) is 456 Å². The van der Waals surface area contributed by atoms with Crippen LogP contribution in [0.2, 0.25) is 0 Å². The lowest BCUT2D eigenvalue weighted by molar-refractivity contribution is -0.870. The van der Waals surface area contributed by atoms with Gasteiger partial charge in [-0.25, -0.2) is 0 Å². The van der Waals surface area contributed by atoms with E-state index in [1.54, 1.807) is 0 Å². The zero-order valence-corrected chi connectivity index (χ0v) is 61.6. The Morgan fingerprint density at radius 3 is 0.711 bits per heavy atom.